The van der Waals surface area contributed by atoms with Gasteiger partial charge in [0.25, 0.3) is 0 Å². The zero-order valence-corrected chi connectivity index (χ0v) is 19.4. The molecule has 2 rings (SSSR count). The van der Waals surface area contributed by atoms with Gasteiger partial charge in [-0.3, -0.25) is 9.10 Å². The molecule has 0 unspecified atom stereocenters. The second-order valence-electron chi connectivity index (χ2n) is 7.49. The van der Waals surface area contributed by atoms with E-state index in [1.807, 2.05) is 39.0 Å². The van der Waals surface area contributed by atoms with Gasteiger partial charge in [-0.1, -0.05) is 42.8 Å². The Bertz CT molecular complexity index is 1010. The van der Waals surface area contributed by atoms with Crippen molar-refractivity contribution in [2.45, 2.75) is 53.1 Å². The molecule has 2 atom stereocenters. The average Bonchev–Trinajstić information content (AvgIpc) is 2.62. The molecule has 0 spiro atoms. The number of hydrogen-bond donors (Lipinski definition) is 1. The van der Waals surface area contributed by atoms with Crippen molar-refractivity contribution in [2.75, 3.05) is 10.6 Å². The number of nitrogens with one attached hydrogen (secondary N) is 1. The normalized spacial score (nSPS) is 13.6. The van der Waals surface area contributed by atoms with Crippen LogP contribution in [-0.2, 0) is 14.8 Å². The fraction of sp³-hybridized carbons (Fsp3) is 0.409. The maximum absolute atomic E-state index is 13.1. The summed E-state index contributed by atoms with van der Waals surface area (Å²) in [6, 6.07) is 9.93. The first kappa shape index (κ1) is 23.2. The second-order valence-corrected chi connectivity index (χ2v) is 9.78. The van der Waals surface area contributed by atoms with Crippen LogP contribution in [0, 0.1) is 20.8 Å². The van der Waals surface area contributed by atoms with Crippen LogP contribution in [0.5, 0.6) is 0 Å². The van der Waals surface area contributed by atoms with Crippen LogP contribution in [-0.4, -0.2) is 26.6 Å². The first-order valence-electron chi connectivity index (χ1n) is 9.58. The standard InChI is InChI=1S/C22H29ClN2O3S/c1-7-20(22(26)24-17(5)18-10-8-14(2)16(4)12-18)25(29(6,27)28)21-13-19(23)11-9-15(21)3/h8-13,17,20H,7H2,1-6H3,(H,24,26)/t17-,20+/m1/s1. The van der Waals surface area contributed by atoms with Crippen LogP contribution >= 0.6 is 11.6 Å². The van der Waals surface area contributed by atoms with Crippen molar-refractivity contribution in [1.29, 1.82) is 0 Å². The minimum Gasteiger partial charge on any atom is -0.348 e. The summed E-state index contributed by atoms with van der Waals surface area (Å²) in [5.41, 5.74) is 4.44. The quantitative estimate of drug-likeness (QED) is 0.684. The van der Waals surface area contributed by atoms with Crippen LogP contribution in [0.2, 0.25) is 5.02 Å². The number of carbonyl (C=O) groups excluding carboxylic acids is 1. The third-order valence-corrected chi connectivity index (χ3v) is 6.53. The van der Waals surface area contributed by atoms with Gasteiger partial charge in [0.15, 0.2) is 0 Å². The molecular formula is C22H29ClN2O3S. The molecule has 5 nitrogen and oxygen atoms in total. The molecule has 0 aliphatic rings. The molecule has 0 aliphatic carbocycles. The Hall–Kier alpha value is -2.05. The monoisotopic (exact) mass is 436 g/mol. The predicted octanol–water partition coefficient (Wildman–Crippen LogP) is 4.69. The number of nitrogens with zero attached hydrogens (tertiary/aromatic N) is 1. The van der Waals surface area contributed by atoms with Crippen LogP contribution in [0.3, 0.4) is 0 Å². The SMILES string of the molecule is CC[C@@H](C(=O)N[C@H](C)c1ccc(C)c(C)c1)N(c1cc(Cl)ccc1C)S(C)(=O)=O. The Morgan fingerprint density at radius 2 is 1.69 bits per heavy atom. The van der Waals surface area contributed by atoms with E-state index in [4.69, 9.17) is 11.6 Å². The van der Waals surface area contributed by atoms with E-state index in [1.54, 1.807) is 32.0 Å². The molecule has 0 saturated heterocycles. The van der Waals surface area contributed by atoms with Gasteiger partial charge in [0, 0.05) is 5.02 Å². The van der Waals surface area contributed by atoms with Crippen LogP contribution in [0.1, 0.15) is 48.6 Å². The lowest BCUT2D eigenvalue weighted by atomic mass is 10.0. The molecule has 0 radical (unpaired) electrons. The van der Waals surface area contributed by atoms with Gasteiger partial charge in [0.1, 0.15) is 6.04 Å². The van der Waals surface area contributed by atoms with E-state index in [2.05, 4.69) is 5.32 Å². The smallest absolute Gasteiger partial charge is 0.244 e. The number of hydrogen-bond acceptors (Lipinski definition) is 3. The van der Waals surface area contributed by atoms with Crippen molar-refractivity contribution >= 4 is 33.2 Å². The van der Waals surface area contributed by atoms with Crippen molar-refractivity contribution in [3.8, 4) is 0 Å². The van der Waals surface area contributed by atoms with Gasteiger partial charge in [0.05, 0.1) is 18.0 Å². The van der Waals surface area contributed by atoms with Crippen LogP contribution < -0.4 is 9.62 Å². The Kier molecular flexibility index (Phi) is 7.35. The summed E-state index contributed by atoms with van der Waals surface area (Å²) < 4.78 is 26.5. The van der Waals surface area contributed by atoms with Gasteiger partial charge in [0.2, 0.25) is 15.9 Å². The van der Waals surface area contributed by atoms with Crippen molar-refractivity contribution in [3.05, 3.63) is 63.7 Å². The number of carbonyl (C=O) groups is 1. The van der Waals surface area contributed by atoms with Crippen LogP contribution in [0.25, 0.3) is 0 Å². The van der Waals surface area contributed by atoms with Crippen molar-refractivity contribution in [1.82, 2.24) is 5.32 Å². The van der Waals surface area contributed by atoms with Gasteiger partial charge >= 0.3 is 0 Å². The molecule has 158 valence electrons. The highest BCUT2D eigenvalue weighted by molar-refractivity contribution is 7.92. The molecule has 1 N–H and O–H groups in total. The molecular weight excluding hydrogens is 408 g/mol. The molecule has 29 heavy (non-hydrogen) atoms. The fourth-order valence-electron chi connectivity index (χ4n) is 3.28. The van der Waals surface area contributed by atoms with E-state index in [-0.39, 0.29) is 11.9 Å². The van der Waals surface area contributed by atoms with Gasteiger partial charge < -0.3 is 5.32 Å². The number of aryl methyl sites for hydroxylation is 3. The van der Waals surface area contributed by atoms with Crippen molar-refractivity contribution in [3.63, 3.8) is 0 Å². The molecule has 0 aromatic heterocycles. The maximum atomic E-state index is 13.1. The third-order valence-electron chi connectivity index (χ3n) is 5.13. The second kappa shape index (κ2) is 9.18. The number of benzene rings is 2. The van der Waals surface area contributed by atoms with Gasteiger partial charge in [-0.15, -0.1) is 0 Å². The summed E-state index contributed by atoms with van der Waals surface area (Å²) in [7, 11) is -3.71. The lowest BCUT2D eigenvalue weighted by molar-refractivity contribution is -0.122. The van der Waals surface area contributed by atoms with E-state index in [0.717, 1.165) is 22.9 Å². The summed E-state index contributed by atoms with van der Waals surface area (Å²) in [5.74, 6) is -0.344. The highest BCUT2D eigenvalue weighted by atomic mass is 35.5. The van der Waals surface area contributed by atoms with E-state index in [1.165, 1.54) is 9.87 Å². The molecule has 1 amide bonds. The number of amides is 1. The zero-order valence-electron chi connectivity index (χ0n) is 17.8. The summed E-state index contributed by atoms with van der Waals surface area (Å²) in [4.78, 5) is 13.1. The van der Waals surface area contributed by atoms with Gasteiger partial charge in [-0.2, -0.15) is 0 Å². The van der Waals surface area contributed by atoms with E-state index < -0.39 is 16.1 Å². The Labute approximate surface area is 179 Å². The molecule has 0 bridgehead atoms. The molecule has 2 aromatic rings. The van der Waals surface area contributed by atoms with Crippen molar-refractivity contribution in [2.24, 2.45) is 0 Å². The van der Waals surface area contributed by atoms with Gasteiger partial charge in [-0.05, 0) is 68.5 Å². The number of anilines is 1. The Morgan fingerprint density at radius 1 is 1.07 bits per heavy atom. The lowest BCUT2D eigenvalue weighted by Gasteiger charge is -2.32. The Balaban J connectivity index is 2.38. The first-order valence-corrected chi connectivity index (χ1v) is 11.8. The van der Waals surface area contributed by atoms with E-state index in [9.17, 15) is 13.2 Å². The topological polar surface area (TPSA) is 66.5 Å². The van der Waals surface area contributed by atoms with Crippen molar-refractivity contribution < 1.29 is 13.2 Å². The van der Waals surface area contributed by atoms with Gasteiger partial charge in [-0.25, -0.2) is 8.42 Å². The maximum Gasteiger partial charge on any atom is 0.244 e. The summed E-state index contributed by atoms with van der Waals surface area (Å²) in [6.07, 6.45) is 1.43. The highest BCUT2D eigenvalue weighted by Gasteiger charge is 2.33. The zero-order chi connectivity index (χ0) is 21.9. The van der Waals surface area contributed by atoms with Crippen LogP contribution in [0.4, 0.5) is 5.69 Å². The first-order chi connectivity index (χ1) is 13.5. The average molecular weight is 437 g/mol. The summed E-state index contributed by atoms with van der Waals surface area (Å²) >= 11 is 6.11. The van der Waals surface area contributed by atoms with Crippen LogP contribution in [0.15, 0.2) is 36.4 Å². The minimum atomic E-state index is -3.71. The molecule has 0 heterocycles. The predicted molar refractivity (Wildman–Crippen MR) is 120 cm³/mol. The Morgan fingerprint density at radius 3 is 2.24 bits per heavy atom. The largest absolute Gasteiger partial charge is 0.348 e. The summed E-state index contributed by atoms with van der Waals surface area (Å²) in [6.45, 7) is 9.54. The van der Waals surface area contributed by atoms with E-state index >= 15 is 0 Å². The number of sulfonamides is 1. The third kappa shape index (κ3) is 5.52. The minimum absolute atomic E-state index is 0.252. The summed E-state index contributed by atoms with van der Waals surface area (Å²) in [5, 5.41) is 3.39. The molecule has 7 heteroatoms. The molecule has 2 aromatic carbocycles. The lowest BCUT2D eigenvalue weighted by Crippen LogP contribution is -2.50. The molecule has 0 saturated carbocycles. The number of halogens is 1. The van der Waals surface area contributed by atoms with E-state index in [0.29, 0.717) is 17.1 Å². The number of rotatable bonds is 7. The fourth-order valence-corrected chi connectivity index (χ4v) is 4.71. The molecule has 0 fully saturated rings. The highest BCUT2D eigenvalue weighted by Crippen LogP contribution is 2.29. The molecule has 0 aliphatic heterocycles.